The number of hydrogen-bond acceptors (Lipinski definition) is 2. The molecule has 0 amide bonds. The summed E-state index contributed by atoms with van der Waals surface area (Å²) in [7, 11) is -3.37. The standard InChI is InChI=1S/C15H22FNO2S/c1-2-3-12-20(18,19)17-15(10-6-7-11-15)13-8-4-5-9-14(13)16/h4-5,8-9,17H,2-3,6-7,10-12H2,1H3. The van der Waals surface area contributed by atoms with Gasteiger partial charge in [-0.2, -0.15) is 0 Å². The predicted molar refractivity (Wildman–Crippen MR) is 78.4 cm³/mol. The Bertz CT molecular complexity index is 551. The van der Waals surface area contributed by atoms with Crippen LogP contribution in [0.5, 0.6) is 0 Å². The van der Waals surface area contributed by atoms with E-state index in [1.165, 1.54) is 6.07 Å². The van der Waals surface area contributed by atoms with Gasteiger partial charge in [-0.05, 0) is 25.3 Å². The van der Waals surface area contributed by atoms with Crippen LogP contribution in [-0.2, 0) is 15.6 Å². The fourth-order valence-corrected chi connectivity index (χ4v) is 4.62. The summed E-state index contributed by atoms with van der Waals surface area (Å²) >= 11 is 0. The highest BCUT2D eigenvalue weighted by Gasteiger charge is 2.40. The van der Waals surface area contributed by atoms with E-state index in [1.54, 1.807) is 18.2 Å². The van der Waals surface area contributed by atoms with Gasteiger partial charge in [0.15, 0.2) is 0 Å². The fraction of sp³-hybridized carbons (Fsp3) is 0.600. The van der Waals surface area contributed by atoms with E-state index in [-0.39, 0.29) is 11.6 Å². The molecule has 1 aromatic rings. The third-order valence-corrected chi connectivity index (χ3v) is 5.49. The van der Waals surface area contributed by atoms with Crippen LogP contribution in [0.15, 0.2) is 24.3 Å². The molecule has 2 rings (SSSR count). The van der Waals surface area contributed by atoms with Crippen LogP contribution in [-0.4, -0.2) is 14.2 Å². The van der Waals surface area contributed by atoms with E-state index in [4.69, 9.17) is 0 Å². The van der Waals surface area contributed by atoms with Crippen LogP contribution < -0.4 is 4.72 Å². The Morgan fingerprint density at radius 2 is 1.90 bits per heavy atom. The van der Waals surface area contributed by atoms with Crippen molar-refractivity contribution in [2.75, 3.05) is 5.75 Å². The van der Waals surface area contributed by atoms with E-state index in [0.717, 1.165) is 19.3 Å². The van der Waals surface area contributed by atoms with Crippen LogP contribution in [0.4, 0.5) is 4.39 Å². The Labute approximate surface area is 120 Å². The number of benzene rings is 1. The lowest BCUT2D eigenvalue weighted by Gasteiger charge is -2.31. The largest absolute Gasteiger partial charge is 0.212 e. The van der Waals surface area contributed by atoms with Crippen molar-refractivity contribution in [1.29, 1.82) is 0 Å². The first kappa shape index (κ1) is 15.4. The van der Waals surface area contributed by atoms with Gasteiger partial charge in [0.05, 0.1) is 11.3 Å². The summed E-state index contributed by atoms with van der Waals surface area (Å²) < 4.78 is 41.3. The van der Waals surface area contributed by atoms with Gasteiger partial charge in [0.2, 0.25) is 10.0 Å². The highest BCUT2D eigenvalue weighted by atomic mass is 32.2. The number of halogens is 1. The zero-order valence-corrected chi connectivity index (χ0v) is 12.7. The monoisotopic (exact) mass is 299 g/mol. The molecule has 5 heteroatoms. The molecule has 1 saturated carbocycles. The van der Waals surface area contributed by atoms with Crippen LogP contribution in [0.1, 0.15) is 51.0 Å². The van der Waals surface area contributed by atoms with Crippen LogP contribution >= 0.6 is 0 Å². The van der Waals surface area contributed by atoms with Gasteiger partial charge in [-0.25, -0.2) is 17.5 Å². The second-order valence-electron chi connectivity index (χ2n) is 5.54. The molecule has 3 nitrogen and oxygen atoms in total. The number of unbranched alkanes of at least 4 members (excludes halogenated alkanes) is 1. The molecule has 1 aliphatic carbocycles. The highest BCUT2D eigenvalue weighted by molar-refractivity contribution is 7.89. The van der Waals surface area contributed by atoms with Crippen molar-refractivity contribution in [3.63, 3.8) is 0 Å². The van der Waals surface area contributed by atoms with Gasteiger partial charge in [0.1, 0.15) is 5.82 Å². The van der Waals surface area contributed by atoms with E-state index in [2.05, 4.69) is 4.72 Å². The summed E-state index contributed by atoms with van der Waals surface area (Å²) in [6, 6.07) is 6.49. The average molecular weight is 299 g/mol. The lowest BCUT2D eigenvalue weighted by atomic mass is 9.89. The van der Waals surface area contributed by atoms with Crippen molar-refractivity contribution in [3.8, 4) is 0 Å². The van der Waals surface area contributed by atoms with Crippen molar-refractivity contribution < 1.29 is 12.8 Å². The Hall–Kier alpha value is -0.940. The molecule has 20 heavy (non-hydrogen) atoms. The molecule has 0 aliphatic heterocycles. The summed E-state index contributed by atoms with van der Waals surface area (Å²) in [6.45, 7) is 1.96. The Kier molecular flexibility index (Phi) is 4.81. The van der Waals surface area contributed by atoms with Crippen molar-refractivity contribution in [2.24, 2.45) is 0 Å². The van der Waals surface area contributed by atoms with E-state index < -0.39 is 15.6 Å². The third-order valence-electron chi connectivity index (χ3n) is 3.96. The maximum atomic E-state index is 14.1. The van der Waals surface area contributed by atoms with Crippen molar-refractivity contribution >= 4 is 10.0 Å². The van der Waals surface area contributed by atoms with E-state index in [0.29, 0.717) is 24.8 Å². The summed E-state index contributed by atoms with van der Waals surface area (Å²) in [5, 5.41) is 0. The Balaban J connectivity index is 2.30. The summed E-state index contributed by atoms with van der Waals surface area (Å²) in [5.74, 6) is -0.215. The summed E-state index contributed by atoms with van der Waals surface area (Å²) in [4.78, 5) is 0. The van der Waals surface area contributed by atoms with Gasteiger partial charge in [-0.15, -0.1) is 0 Å². The molecule has 0 bridgehead atoms. The first-order valence-corrected chi connectivity index (χ1v) is 8.91. The lowest BCUT2D eigenvalue weighted by Crippen LogP contribution is -2.45. The molecule has 1 fully saturated rings. The minimum Gasteiger partial charge on any atom is -0.212 e. The molecular formula is C15H22FNO2S. The molecule has 1 aromatic carbocycles. The molecule has 1 N–H and O–H groups in total. The van der Waals surface area contributed by atoms with Gasteiger partial charge in [-0.3, -0.25) is 0 Å². The molecule has 0 heterocycles. The molecule has 0 saturated heterocycles. The molecule has 0 unspecified atom stereocenters. The van der Waals surface area contributed by atoms with Crippen molar-refractivity contribution in [2.45, 2.75) is 51.0 Å². The van der Waals surface area contributed by atoms with Gasteiger partial charge in [-0.1, -0.05) is 44.4 Å². The minimum absolute atomic E-state index is 0.111. The molecule has 112 valence electrons. The van der Waals surface area contributed by atoms with Crippen LogP contribution in [0.2, 0.25) is 0 Å². The van der Waals surface area contributed by atoms with Gasteiger partial charge in [0.25, 0.3) is 0 Å². The maximum Gasteiger partial charge on any atom is 0.212 e. The second kappa shape index (κ2) is 6.22. The van der Waals surface area contributed by atoms with E-state index in [1.807, 2.05) is 6.92 Å². The second-order valence-corrected chi connectivity index (χ2v) is 7.39. The van der Waals surface area contributed by atoms with Gasteiger partial charge in [0, 0.05) is 5.56 Å². The van der Waals surface area contributed by atoms with Gasteiger partial charge >= 0.3 is 0 Å². The van der Waals surface area contributed by atoms with E-state index >= 15 is 0 Å². The SMILES string of the molecule is CCCCS(=O)(=O)NC1(c2ccccc2F)CCCC1. The Morgan fingerprint density at radius 1 is 1.25 bits per heavy atom. The zero-order valence-electron chi connectivity index (χ0n) is 11.9. The normalized spacial score (nSPS) is 18.3. The lowest BCUT2D eigenvalue weighted by molar-refractivity contribution is 0.385. The average Bonchev–Trinajstić information content (AvgIpc) is 2.85. The quantitative estimate of drug-likeness (QED) is 0.876. The molecule has 1 aliphatic rings. The topological polar surface area (TPSA) is 46.2 Å². The number of rotatable bonds is 6. The van der Waals surface area contributed by atoms with E-state index in [9.17, 15) is 12.8 Å². The highest BCUT2D eigenvalue weighted by Crippen LogP contribution is 2.40. The minimum atomic E-state index is -3.37. The fourth-order valence-electron chi connectivity index (χ4n) is 2.94. The van der Waals surface area contributed by atoms with Crippen LogP contribution in [0, 0.1) is 5.82 Å². The molecule has 0 aromatic heterocycles. The smallest absolute Gasteiger partial charge is 0.212 e. The van der Waals surface area contributed by atoms with Crippen molar-refractivity contribution in [3.05, 3.63) is 35.6 Å². The number of nitrogens with one attached hydrogen (secondary N) is 1. The van der Waals surface area contributed by atoms with Crippen LogP contribution in [0.25, 0.3) is 0 Å². The maximum absolute atomic E-state index is 14.1. The summed E-state index contributed by atoms with van der Waals surface area (Å²) in [6.07, 6.45) is 4.63. The molecule has 0 atom stereocenters. The Morgan fingerprint density at radius 3 is 2.50 bits per heavy atom. The van der Waals surface area contributed by atoms with Crippen LogP contribution in [0.3, 0.4) is 0 Å². The predicted octanol–water partition coefficient (Wildman–Crippen LogP) is 3.31. The van der Waals surface area contributed by atoms with Crippen molar-refractivity contribution in [1.82, 2.24) is 4.72 Å². The number of sulfonamides is 1. The van der Waals surface area contributed by atoms with Gasteiger partial charge < -0.3 is 0 Å². The zero-order chi connectivity index (χ0) is 14.6. The molecular weight excluding hydrogens is 277 g/mol. The molecule has 0 radical (unpaired) electrons. The summed E-state index contributed by atoms with van der Waals surface area (Å²) in [5.41, 5.74) is -0.268. The first-order chi connectivity index (χ1) is 9.49. The number of hydrogen-bond donors (Lipinski definition) is 1. The first-order valence-electron chi connectivity index (χ1n) is 7.26. The third kappa shape index (κ3) is 3.38. The molecule has 0 spiro atoms.